The highest BCUT2D eigenvalue weighted by atomic mass is 32.1. The molecule has 1 aromatic heterocycles. The second kappa shape index (κ2) is 24.8. The van der Waals surface area contributed by atoms with E-state index in [-0.39, 0.29) is 24.6 Å². The van der Waals surface area contributed by atoms with E-state index in [1.807, 2.05) is 42.6 Å². The Morgan fingerprint density at radius 2 is 1.58 bits per heavy atom. The van der Waals surface area contributed by atoms with E-state index in [0.29, 0.717) is 44.7 Å². The Balaban J connectivity index is 1.02. The molecule has 6 rings (SSSR count). The van der Waals surface area contributed by atoms with Gasteiger partial charge in [-0.2, -0.15) is 5.10 Å². The van der Waals surface area contributed by atoms with E-state index < -0.39 is 0 Å². The number of hydrogen-bond acceptors (Lipinski definition) is 12. The Hall–Kier alpha value is -5.56. The molecule has 0 aliphatic heterocycles. The van der Waals surface area contributed by atoms with E-state index in [1.54, 1.807) is 35.6 Å². The van der Waals surface area contributed by atoms with Crippen LogP contribution in [0.1, 0.15) is 75.8 Å². The molecule has 0 spiro atoms. The quantitative estimate of drug-likeness (QED) is 0.0107. The van der Waals surface area contributed by atoms with Gasteiger partial charge in [-0.05, 0) is 129 Å². The lowest BCUT2D eigenvalue weighted by Crippen LogP contribution is -2.27. The van der Waals surface area contributed by atoms with E-state index in [2.05, 4.69) is 56.0 Å². The number of carbonyl (C=O) groups is 2. The average Bonchev–Trinajstić information content (AvgIpc) is 3.74. The first-order chi connectivity index (χ1) is 30.4. The van der Waals surface area contributed by atoms with Crippen LogP contribution in [0.2, 0.25) is 0 Å². The Kier molecular flexibility index (Phi) is 18.4. The third kappa shape index (κ3) is 14.3. The number of hydrogen-bond donors (Lipinski definition) is 0. The molecule has 62 heavy (non-hydrogen) atoms. The van der Waals surface area contributed by atoms with Crippen molar-refractivity contribution in [3.05, 3.63) is 115 Å². The van der Waals surface area contributed by atoms with E-state index in [0.717, 1.165) is 108 Å². The van der Waals surface area contributed by atoms with Gasteiger partial charge in [-0.25, -0.2) is 14.8 Å². The van der Waals surface area contributed by atoms with Gasteiger partial charge in [0.05, 0.1) is 55.4 Å². The fourth-order valence-corrected chi connectivity index (χ4v) is 8.15. The van der Waals surface area contributed by atoms with Gasteiger partial charge in [-0.3, -0.25) is 4.79 Å². The molecule has 0 unspecified atom stereocenters. The summed E-state index contributed by atoms with van der Waals surface area (Å²) in [4.78, 5) is 29.1. The predicted octanol–water partition coefficient (Wildman–Crippen LogP) is 10.8. The van der Waals surface area contributed by atoms with Gasteiger partial charge in [0, 0.05) is 18.7 Å². The molecule has 1 aliphatic rings. The molecule has 0 saturated heterocycles. The van der Waals surface area contributed by atoms with Gasteiger partial charge in [0.1, 0.15) is 24.0 Å². The maximum absolute atomic E-state index is 13.1. The number of thiazole rings is 1. The first-order valence-electron chi connectivity index (χ1n) is 21.8. The number of hydrazone groups is 1. The lowest BCUT2D eigenvalue weighted by atomic mass is 9.82. The summed E-state index contributed by atoms with van der Waals surface area (Å²) >= 11 is 1.57. The zero-order valence-corrected chi connectivity index (χ0v) is 36.8. The first-order valence-corrected chi connectivity index (χ1v) is 22.6. The van der Waals surface area contributed by atoms with Crippen molar-refractivity contribution in [1.29, 1.82) is 0 Å². The average molecular weight is 862 g/mol. The minimum Gasteiger partial charge on any atom is -0.494 e. The molecule has 0 radical (unpaired) electrons. The summed E-state index contributed by atoms with van der Waals surface area (Å²) in [5, 5.41) is 7.47. The molecule has 4 aromatic carbocycles. The van der Waals surface area contributed by atoms with Crippen molar-refractivity contribution >= 4 is 44.8 Å². The summed E-state index contributed by atoms with van der Waals surface area (Å²) in [6.07, 6.45) is 12.1. The zero-order valence-electron chi connectivity index (χ0n) is 36.0. The van der Waals surface area contributed by atoms with Gasteiger partial charge < -0.3 is 28.4 Å². The van der Waals surface area contributed by atoms with Gasteiger partial charge in [0.25, 0.3) is 0 Å². The maximum atomic E-state index is 13.1. The van der Waals surface area contributed by atoms with Crippen LogP contribution in [0.4, 0.5) is 5.13 Å². The molecule has 1 aliphatic carbocycles. The summed E-state index contributed by atoms with van der Waals surface area (Å²) in [5.74, 6) is 1.61. The van der Waals surface area contributed by atoms with Crippen LogP contribution in [0.25, 0.3) is 21.3 Å². The number of carbonyl (C=O) groups excluding carboxylic acids is 2. The second-order valence-electron chi connectivity index (χ2n) is 15.4. The molecule has 0 atom stereocenters. The lowest BCUT2D eigenvalue weighted by molar-refractivity contribution is -0.140. The van der Waals surface area contributed by atoms with Gasteiger partial charge in [0.2, 0.25) is 5.13 Å². The summed E-state index contributed by atoms with van der Waals surface area (Å²) < 4.78 is 35.3. The van der Waals surface area contributed by atoms with Gasteiger partial charge >= 0.3 is 11.9 Å². The number of nitrogens with zero attached hydrogens (tertiary/aromatic N) is 3. The SMILES string of the molecule is C=CC(=O)OCCCCCCOc1ccc(OC(=O)C2CCC(COc3ccc(-c4ccc(CCC)cc4)c(/C=N/N(COCCOC)c4nc5ccccc5s4)c3)CC2)cc1. The summed E-state index contributed by atoms with van der Waals surface area (Å²) in [7, 11) is 1.65. The Labute approximate surface area is 369 Å². The number of rotatable bonds is 25. The molecule has 0 N–H and O–H groups in total. The molecule has 328 valence electrons. The van der Waals surface area contributed by atoms with Crippen LogP contribution in [-0.4, -0.2) is 70.0 Å². The minimum absolute atomic E-state index is 0.148. The lowest BCUT2D eigenvalue weighted by Gasteiger charge is -2.27. The maximum Gasteiger partial charge on any atom is 0.330 e. The highest BCUT2D eigenvalue weighted by Crippen LogP contribution is 2.33. The Morgan fingerprint density at radius 3 is 2.32 bits per heavy atom. The number of methoxy groups -OCH3 is 1. The highest BCUT2D eigenvalue weighted by molar-refractivity contribution is 7.22. The number of ether oxygens (including phenoxy) is 6. The number of unbranched alkanes of at least 4 members (excludes halogenated alkanes) is 3. The zero-order chi connectivity index (χ0) is 43.4. The molecule has 1 saturated carbocycles. The third-order valence-electron chi connectivity index (χ3n) is 10.7. The molecule has 0 bridgehead atoms. The molecule has 1 heterocycles. The molecular formula is C50H59N3O8S. The molecule has 12 heteroatoms. The number of para-hydroxylation sites is 1. The fourth-order valence-electron chi connectivity index (χ4n) is 7.24. The molecule has 1 fully saturated rings. The largest absolute Gasteiger partial charge is 0.494 e. The van der Waals surface area contributed by atoms with Crippen molar-refractivity contribution in [1.82, 2.24) is 4.98 Å². The minimum atomic E-state index is -0.386. The van der Waals surface area contributed by atoms with Crippen molar-refractivity contribution < 1.29 is 38.0 Å². The number of fused-ring (bicyclic) bond motifs is 1. The fraction of sp³-hybridized carbons (Fsp3) is 0.400. The monoisotopic (exact) mass is 861 g/mol. The van der Waals surface area contributed by atoms with Gasteiger partial charge in [0.15, 0.2) is 0 Å². The normalized spacial score (nSPS) is 15.1. The standard InChI is InChI=1S/C50H59N3O8S/c1-4-12-37-15-19-39(20-16-37)45-28-27-44(33-41(45)34-51-53(36-57-32-31-56-3)50-52-46-13-8-9-14-47(46)62-50)60-35-38-17-21-40(22-18-38)49(55)61-43-25-23-42(24-26-43)58-29-10-6-7-11-30-59-48(54)5-2/h5,8-9,13-16,19-20,23-28,33-34,38,40H,2,4,6-7,10-12,17-18,21-22,29-32,35-36H2,1,3H3/b51-34+. The topological polar surface area (TPSA) is 118 Å². The number of esters is 2. The number of benzene rings is 4. The van der Waals surface area contributed by atoms with E-state index in [4.69, 9.17) is 38.5 Å². The third-order valence-corrected chi connectivity index (χ3v) is 11.8. The summed E-state index contributed by atoms with van der Waals surface area (Å²) in [5.41, 5.74) is 5.28. The highest BCUT2D eigenvalue weighted by Gasteiger charge is 2.28. The summed E-state index contributed by atoms with van der Waals surface area (Å²) in [6.45, 7) is 8.27. The van der Waals surface area contributed by atoms with Crippen LogP contribution in [0.3, 0.4) is 0 Å². The Morgan fingerprint density at radius 1 is 0.839 bits per heavy atom. The Bertz CT molecular complexity index is 2150. The second-order valence-corrected chi connectivity index (χ2v) is 16.4. The van der Waals surface area contributed by atoms with Crippen LogP contribution in [-0.2, 0) is 30.2 Å². The molecule has 0 amide bonds. The van der Waals surface area contributed by atoms with Gasteiger partial charge in [-0.15, -0.1) is 0 Å². The van der Waals surface area contributed by atoms with Crippen molar-refractivity contribution in [2.75, 3.05) is 51.9 Å². The molecule has 11 nitrogen and oxygen atoms in total. The molecular weight excluding hydrogens is 803 g/mol. The van der Waals surface area contributed by atoms with Crippen LogP contribution in [0, 0.1) is 11.8 Å². The number of aromatic nitrogens is 1. The van der Waals surface area contributed by atoms with E-state index >= 15 is 0 Å². The van der Waals surface area contributed by atoms with Crippen molar-refractivity contribution in [2.45, 2.75) is 71.1 Å². The predicted molar refractivity (Wildman–Crippen MR) is 246 cm³/mol. The smallest absolute Gasteiger partial charge is 0.330 e. The van der Waals surface area contributed by atoms with E-state index in [9.17, 15) is 9.59 Å². The number of anilines is 1. The van der Waals surface area contributed by atoms with E-state index in [1.165, 1.54) is 11.6 Å². The van der Waals surface area contributed by atoms with Crippen molar-refractivity contribution in [3.8, 4) is 28.4 Å². The van der Waals surface area contributed by atoms with Crippen LogP contribution >= 0.6 is 11.3 Å². The summed E-state index contributed by atoms with van der Waals surface area (Å²) in [6, 6.07) is 30.2. The van der Waals surface area contributed by atoms with Crippen molar-refractivity contribution in [3.63, 3.8) is 0 Å². The van der Waals surface area contributed by atoms with Crippen molar-refractivity contribution in [2.24, 2.45) is 16.9 Å². The van der Waals surface area contributed by atoms with Gasteiger partial charge in [-0.1, -0.05) is 73.7 Å². The first kappa shape index (κ1) is 46.0. The van der Waals surface area contributed by atoms with Crippen LogP contribution in [0.5, 0.6) is 17.2 Å². The van der Waals surface area contributed by atoms with Crippen LogP contribution < -0.4 is 19.2 Å². The number of aryl methyl sites for hydroxylation is 1. The van der Waals surface area contributed by atoms with Crippen LogP contribution in [0.15, 0.2) is 109 Å². The molecule has 5 aromatic rings.